The van der Waals surface area contributed by atoms with Crippen molar-refractivity contribution in [3.05, 3.63) is 23.9 Å². The number of amides is 1. The van der Waals surface area contributed by atoms with Crippen molar-refractivity contribution in [3.8, 4) is 0 Å². The lowest BCUT2D eigenvalue weighted by atomic mass is 9.81. The number of anilines is 1. The van der Waals surface area contributed by atoms with Gasteiger partial charge in [-0.25, -0.2) is 4.98 Å². The molecule has 0 saturated heterocycles. The first-order chi connectivity index (χ1) is 7.22. The fourth-order valence-electron chi connectivity index (χ4n) is 2.53. The van der Waals surface area contributed by atoms with Crippen molar-refractivity contribution in [3.63, 3.8) is 0 Å². The summed E-state index contributed by atoms with van der Waals surface area (Å²) in [5.41, 5.74) is 0.279. The minimum Gasteiger partial charge on any atom is -0.310 e. The molecule has 3 rings (SSSR count). The Morgan fingerprint density at radius 2 is 2.27 bits per heavy atom. The summed E-state index contributed by atoms with van der Waals surface area (Å²) in [5, 5.41) is 2.75. The number of nitrogens with zero attached hydrogens (tertiary/aromatic N) is 1. The van der Waals surface area contributed by atoms with Gasteiger partial charge in [0.2, 0.25) is 5.91 Å². The lowest BCUT2D eigenvalue weighted by Gasteiger charge is -2.18. The molecule has 1 atom stereocenters. The molecule has 1 amide bonds. The van der Waals surface area contributed by atoms with E-state index in [2.05, 4.69) is 10.3 Å². The van der Waals surface area contributed by atoms with Gasteiger partial charge in [-0.15, -0.1) is 0 Å². The maximum atomic E-state index is 11.9. The molecule has 1 unspecified atom stereocenters. The number of rotatable bonds is 0. The van der Waals surface area contributed by atoms with E-state index >= 15 is 0 Å². The van der Waals surface area contributed by atoms with Gasteiger partial charge in [0.15, 0.2) is 0 Å². The van der Waals surface area contributed by atoms with Crippen LogP contribution in [0.4, 0.5) is 5.82 Å². The predicted molar refractivity (Wildman–Crippen MR) is 53.4 cm³/mol. The normalized spacial score (nSPS) is 28.3. The Bertz CT molecular complexity index is 469. The molecule has 0 aromatic carbocycles. The minimum atomic E-state index is -0.610. The van der Waals surface area contributed by atoms with Crippen molar-refractivity contribution in [1.82, 2.24) is 4.98 Å². The number of ketones is 1. The second kappa shape index (κ2) is 2.66. The summed E-state index contributed by atoms with van der Waals surface area (Å²) in [4.78, 5) is 27.4. The van der Waals surface area contributed by atoms with E-state index < -0.39 is 5.41 Å². The highest BCUT2D eigenvalue weighted by Crippen LogP contribution is 2.46. The van der Waals surface area contributed by atoms with E-state index in [-0.39, 0.29) is 11.7 Å². The zero-order chi connectivity index (χ0) is 10.5. The Morgan fingerprint density at radius 3 is 3.00 bits per heavy atom. The van der Waals surface area contributed by atoms with Gasteiger partial charge in [-0.1, -0.05) is 6.07 Å². The summed E-state index contributed by atoms with van der Waals surface area (Å²) in [6, 6.07) is 3.70. The Morgan fingerprint density at radius 1 is 1.40 bits per heavy atom. The number of hydrogen-bond donors (Lipinski definition) is 1. The third-order valence-electron chi connectivity index (χ3n) is 3.32. The van der Waals surface area contributed by atoms with Crippen molar-refractivity contribution >= 4 is 17.5 Å². The Kier molecular flexibility index (Phi) is 1.52. The molecule has 1 aromatic heterocycles. The Hall–Kier alpha value is -1.71. The van der Waals surface area contributed by atoms with Gasteiger partial charge in [0, 0.05) is 24.6 Å². The van der Waals surface area contributed by atoms with Crippen LogP contribution in [-0.2, 0) is 15.0 Å². The van der Waals surface area contributed by atoms with E-state index in [0.29, 0.717) is 25.1 Å². The summed E-state index contributed by atoms with van der Waals surface area (Å²) >= 11 is 0. The molecule has 4 heteroatoms. The highest BCUT2D eigenvalue weighted by molar-refractivity contribution is 6.09. The second-order valence-electron chi connectivity index (χ2n) is 4.15. The molecule has 15 heavy (non-hydrogen) atoms. The van der Waals surface area contributed by atoms with Crippen LogP contribution in [0.25, 0.3) is 0 Å². The molecule has 4 nitrogen and oxygen atoms in total. The first-order valence-corrected chi connectivity index (χ1v) is 5.01. The van der Waals surface area contributed by atoms with E-state index in [4.69, 9.17) is 0 Å². The molecule has 1 fully saturated rings. The minimum absolute atomic E-state index is 0.0675. The maximum Gasteiger partial charge on any atom is 0.236 e. The first kappa shape index (κ1) is 8.59. The molecule has 0 bridgehead atoms. The van der Waals surface area contributed by atoms with Crippen LogP contribution in [-0.4, -0.2) is 16.7 Å². The van der Waals surface area contributed by atoms with Crippen LogP contribution in [0.15, 0.2) is 18.3 Å². The van der Waals surface area contributed by atoms with Gasteiger partial charge in [-0.05, 0) is 12.5 Å². The molecule has 1 aliphatic carbocycles. The Balaban J connectivity index is 2.17. The van der Waals surface area contributed by atoms with Crippen molar-refractivity contribution in [2.45, 2.75) is 24.7 Å². The second-order valence-corrected chi connectivity index (χ2v) is 4.15. The summed E-state index contributed by atoms with van der Waals surface area (Å²) in [6.45, 7) is 0. The topological polar surface area (TPSA) is 59.1 Å². The van der Waals surface area contributed by atoms with E-state index in [1.165, 1.54) is 0 Å². The van der Waals surface area contributed by atoms with Gasteiger partial charge in [0.25, 0.3) is 0 Å². The van der Waals surface area contributed by atoms with Crippen molar-refractivity contribution in [2.75, 3.05) is 5.32 Å². The number of Topliss-reactive ketones (excluding diaryl/α,β-unsaturated/α-hetero) is 1. The lowest BCUT2D eigenvalue weighted by Crippen LogP contribution is -2.31. The summed E-state index contributed by atoms with van der Waals surface area (Å²) in [7, 11) is 0. The molecular weight excluding hydrogens is 192 g/mol. The first-order valence-electron chi connectivity index (χ1n) is 5.01. The van der Waals surface area contributed by atoms with Gasteiger partial charge in [-0.2, -0.15) is 0 Å². The van der Waals surface area contributed by atoms with Gasteiger partial charge in [0.1, 0.15) is 11.6 Å². The van der Waals surface area contributed by atoms with Crippen LogP contribution in [0, 0.1) is 0 Å². The van der Waals surface area contributed by atoms with Crippen LogP contribution >= 0.6 is 0 Å². The number of pyridine rings is 1. The van der Waals surface area contributed by atoms with Crippen LogP contribution in [0.1, 0.15) is 24.8 Å². The molecule has 2 heterocycles. The summed E-state index contributed by atoms with van der Waals surface area (Å²) in [6.07, 6.45) is 3.10. The van der Waals surface area contributed by atoms with Crippen LogP contribution < -0.4 is 5.32 Å². The highest BCUT2D eigenvalue weighted by atomic mass is 16.2. The predicted octanol–water partition coefficient (Wildman–Crippen LogP) is 1.02. The molecule has 1 spiro atoms. The van der Waals surface area contributed by atoms with Gasteiger partial charge < -0.3 is 5.32 Å². The number of carbonyl (C=O) groups excluding carboxylic acids is 2. The number of fused-ring (bicyclic) bond motifs is 2. The zero-order valence-electron chi connectivity index (χ0n) is 8.12. The summed E-state index contributed by atoms with van der Waals surface area (Å²) < 4.78 is 0. The van der Waals surface area contributed by atoms with E-state index in [0.717, 1.165) is 5.56 Å². The monoisotopic (exact) mass is 202 g/mol. The summed E-state index contributed by atoms with van der Waals surface area (Å²) in [5.74, 6) is 0.723. The quantitative estimate of drug-likeness (QED) is 0.683. The van der Waals surface area contributed by atoms with Gasteiger partial charge in [-0.3, -0.25) is 9.59 Å². The Labute approximate surface area is 86.7 Å². The fourth-order valence-corrected chi connectivity index (χ4v) is 2.53. The number of hydrogen-bond acceptors (Lipinski definition) is 3. The van der Waals surface area contributed by atoms with Crippen molar-refractivity contribution < 1.29 is 9.59 Å². The van der Waals surface area contributed by atoms with E-state index in [9.17, 15) is 9.59 Å². The van der Waals surface area contributed by atoms with Crippen LogP contribution in [0.3, 0.4) is 0 Å². The molecule has 0 radical (unpaired) electrons. The van der Waals surface area contributed by atoms with Crippen molar-refractivity contribution in [1.29, 1.82) is 0 Å². The standard InChI is InChI=1S/C11H10N2O2/c14-7-3-4-11(6-7)8-2-1-5-12-9(8)13-10(11)15/h1-2,5H,3-4,6H2,(H,12,13,15). The third kappa shape index (κ3) is 0.988. The highest BCUT2D eigenvalue weighted by Gasteiger charge is 2.51. The van der Waals surface area contributed by atoms with Gasteiger partial charge in [0.05, 0.1) is 5.41 Å². The average Bonchev–Trinajstić information content (AvgIpc) is 2.73. The maximum absolute atomic E-state index is 11.9. The van der Waals surface area contributed by atoms with Crippen LogP contribution in [0.2, 0.25) is 0 Å². The molecule has 1 aliphatic heterocycles. The lowest BCUT2D eigenvalue weighted by molar-refractivity contribution is -0.123. The molecule has 1 aromatic rings. The average molecular weight is 202 g/mol. The molecule has 1 saturated carbocycles. The third-order valence-corrected chi connectivity index (χ3v) is 3.32. The molecule has 1 N–H and O–H groups in total. The van der Waals surface area contributed by atoms with Crippen molar-refractivity contribution in [2.24, 2.45) is 0 Å². The zero-order valence-corrected chi connectivity index (χ0v) is 8.12. The fraction of sp³-hybridized carbons (Fsp3) is 0.364. The molecule has 2 aliphatic rings. The van der Waals surface area contributed by atoms with Gasteiger partial charge >= 0.3 is 0 Å². The number of aromatic nitrogens is 1. The number of nitrogens with one attached hydrogen (secondary N) is 1. The SMILES string of the molecule is O=C1CCC2(C1)C(=O)Nc1ncccc12. The molecule has 76 valence electrons. The van der Waals surface area contributed by atoms with Crippen LogP contribution in [0.5, 0.6) is 0 Å². The largest absolute Gasteiger partial charge is 0.310 e. The number of carbonyl (C=O) groups is 2. The van der Waals surface area contributed by atoms with E-state index in [1.54, 1.807) is 6.20 Å². The molecular formula is C11H10N2O2. The van der Waals surface area contributed by atoms with E-state index in [1.807, 2.05) is 12.1 Å². The smallest absolute Gasteiger partial charge is 0.236 e.